The van der Waals surface area contributed by atoms with Gasteiger partial charge in [0.25, 0.3) is 5.91 Å². The monoisotopic (exact) mass is 292 g/mol. The normalized spacial score (nSPS) is 15.8. The van der Waals surface area contributed by atoms with Crippen LogP contribution < -0.4 is 10.1 Å². The van der Waals surface area contributed by atoms with E-state index in [2.05, 4.69) is 27.1 Å². The second-order valence-corrected chi connectivity index (χ2v) is 6.07. The van der Waals surface area contributed by atoms with Gasteiger partial charge in [0.05, 0.1) is 19.0 Å². The topological polar surface area (TPSA) is 67.3 Å². The van der Waals surface area contributed by atoms with E-state index >= 15 is 0 Å². The van der Waals surface area contributed by atoms with Crippen molar-refractivity contribution >= 4 is 5.91 Å². The quantitative estimate of drug-likeness (QED) is 0.779. The first-order chi connectivity index (χ1) is 10.0. The lowest BCUT2D eigenvalue weighted by atomic mass is 10.1. The molecule has 1 unspecified atom stereocenters. The maximum Gasteiger partial charge on any atom is 0.271 e. The third kappa shape index (κ3) is 5.67. The average molecular weight is 292 g/mol. The van der Waals surface area contributed by atoms with Crippen LogP contribution in [0, 0.1) is 11.8 Å². The molecule has 1 aromatic rings. The van der Waals surface area contributed by atoms with Gasteiger partial charge in [0.1, 0.15) is 5.69 Å². The Labute approximate surface area is 125 Å². The maximum absolute atomic E-state index is 12.0. The van der Waals surface area contributed by atoms with Crippen molar-refractivity contribution in [1.82, 2.24) is 20.2 Å². The third-order valence-electron chi connectivity index (χ3n) is 3.31. The molecule has 1 aromatic heterocycles. The van der Waals surface area contributed by atoms with E-state index in [1.54, 1.807) is 0 Å². The number of rotatable bonds is 8. The summed E-state index contributed by atoms with van der Waals surface area (Å²) in [5.74, 6) is 1.35. The van der Waals surface area contributed by atoms with E-state index in [1.807, 2.05) is 14.1 Å². The average Bonchev–Trinajstić information content (AvgIpc) is 3.26. The fraction of sp³-hybridized carbons (Fsp3) is 0.667. The zero-order valence-electron chi connectivity index (χ0n) is 13.0. The molecule has 1 atom stereocenters. The summed E-state index contributed by atoms with van der Waals surface area (Å²) in [5, 5.41) is 2.87. The van der Waals surface area contributed by atoms with Crippen LogP contribution in [0.25, 0.3) is 0 Å². The summed E-state index contributed by atoms with van der Waals surface area (Å²) >= 11 is 0. The van der Waals surface area contributed by atoms with Crippen LogP contribution >= 0.6 is 0 Å². The van der Waals surface area contributed by atoms with Crippen LogP contribution in [0.4, 0.5) is 0 Å². The second kappa shape index (κ2) is 7.36. The minimum absolute atomic E-state index is 0.193. The van der Waals surface area contributed by atoms with Gasteiger partial charge in [-0.2, -0.15) is 0 Å². The molecule has 6 heteroatoms. The zero-order chi connectivity index (χ0) is 15.2. The van der Waals surface area contributed by atoms with Crippen molar-refractivity contribution in [3.8, 4) is 5.88 Å². The Morgan fingerprint density at radius 3 is 2.76 bits per heavy atom. The Morgan fingerprint density at radius 2 is 2.19 bits per heavy atom. The van der Waals surface area contributed by atoms with Gasteiger partial charge >= 0.3 is 0 Å². The van der Waals surface area contributed by atoms with E-state index in [0.717, 1.165) is 6.54 Å². The first-order valence-electron chi connectivity index (χ1n) is 7.42. The van der Waals surface area contributed by atoms with Gasteiger partial charge in [-0.1, -0.05) is 6.92 Å². The van der Waals surface area contributed by atoms with Gasteiger partial charge in [0.2, 0.25) is 5.88 Å². The van der Waals surface area contributed by atoms with Crippen molar-refractivity contribution in [1.29, 1.82) is 0 Å². The Kier molecular flexibility index (Phi) is 5.50. The molecule has 1 aliphatic rings. The third-order valence-corrected chi connectivity index (χ3v) is 3.31. The van der Waals surface area contributed by atoms with Gasteiger partial charge in [0.15, 0.2) is 0 Å². The van der Waals surface area contributed by atoms with Crippen molar-refractivity contribution < 1.29 is 9.53 Å². The molecular formula is C15H24N4O2. The second-order valence-electron chi connectivity index (χ2n) is 6.07. The number of carbonyl (C=O) groups is 1. The molecule has 21 heavy (non-hydrogen) atoms. The Hall–Kier alpha value is -1.69. The molecule has 0 aromatic carbocycles. The summed E-state index contributed by atoms with van der Waals surface area (Å²) in [6.07, 6.45) is 5.45. The molecule has 1 saturated carbocycles. The van der Waals surface area contributed by atoms with Crippen molar-refractivity contribution in [2.75, 3.05) is 33.8 Å². The van der Waals surface area contributed by atoms with Gasteiger partial charge in [-0.05, 0) is 38.8 Å². The lowest BCUT2D eigenvalue weighted by Crippen LogP contribution is -2.33. The van der Waals surface area contributed by atoms with Gasteiger partial charge in [-0.3, -0.25) is 4.79 Å². The lowest BCUT2D eigenvalue weighted by Gasteiger charge is -2.17. The zero-order valence-corrected chi connectivity index (χ0v) is 13.0. The molecule has 6 nitrogen and oxygen atoms in total. The van der Waals surface area contributed by atoms with E-state index in [4.69, 9.17) is 4.74 Å². The van der Waals surface area contributed by atoms with Crippen LogP contribution in [-0.4, -0.2) is 54.6 Å². The SMILES string of the molecule is CC(CNC(=O)c1cnc(OCC2CC2)cn1)CN(C)C. The van der Waals surface area contributed by atoms with Crippen molar-refractivity contribution in [3.05, 3.63) is 18.1 Å². The minimum atomic E-state index is -0.193. The van der Waals surface area contributed by atoms with Crippen LogP contribution in [0.5, 0.6) is 5.88 Å². The predicted octanol–water partition coefficient (Wildman–Crippen LogP) is 1.19. The predicted molar refractivity (Wildman–Crippen MR) is 80.3 cm³/mol. The number of ether oxygens (including phenoxy) is 1. The van der Waals surface area contributed by atoms with Crippen LogP contribution in [0.2, 0.25) is 0 Å². The molecule has 1 N–H and O–H groups in total. The summed E-state index contributed by atoms with van der Waals surface area (Å²) in [6.45, 7) is 4.35. The number of carbonyl (C=O) groups excluding carboxylic acids is 1. The Bertz CT molecular complexity index is 457. The Balaban J connectivity index is 1.76. The number of hydrogen-bond acceptors (Lipinski definition) is 5. The van der Waals surface area contributed by atoms with Crippen molar-refractivity contribution in [3.63, 3.8) is 0 Å². The number of hydrogen-bond donors (Lipinski definition) is 1. The lowest BCUT2D eigenvalue weighted by molar-refractivity contribution is 0.0940. The first-order valence-corrected chi connectivity index (χ1v) is 7.42. The highest BCUT2D eigenvalue weighted by molar-refractivity contribution is 5.91. The standard InChI is InChI=1S/C15H24N4O2/c1-11(9-19(2)3)6-18-15(20)13-7-17-14(8-16-13)21-10-12-4-5-12/h7-8,11-12H,4-6,9-10H2,1-3H3,(H,18,20). The van der Waals surface area contributed by atoms with E-state index in [-0.39, 0.29) is 5.91 Å². The van der Waals surface area contributed by atoms with Crippen LogP contribution in [-0.2, 0) is 0 Å². The highest BCUT2D eigenvalue weighted by atomic mass is 16.5. The fourth-order valence-electron chi connectivity index (χ4n) is 2.04. The molecule has 0 saturated heterocycles. The Morgan fingerprint density at radius 1 is 1.43 bits per heavy atom. The number of nitrogens with one attached hydrogen (secondary N) is 1. The highest BCUT2D eigenvalue weighted by Gasteiger charge is 2.22. The van der Waals surface area contributed by atoms with Crippen LogP contribution in [0.1, 0.15) is 30.3 Å². The van der Waals surface area contributed by atoms with E-state index in [0.29, 0.717) is 36.6 Å². The molecule has 116 valence electrons. The highest BCUT2D eigenvalue weighted by Crippen LogP contribution is 2.29. The number of nitrogens with zero attached hydrogens (tertiary/aromatic N) is 3. The van der Waals surface area contributed by atoms with E-state index in [9.17, 15) is 4.79 Å². The molecule has 0 spiro atoms. The summed E-state index contributed by atoms with van der Waals surface area (Å²) in [7, 11) is 4.04. The van der Waals surface area contributed by atoms with Gasteiger partial charge < -0.3 is 15.0 Å². The maximum atomic E-state index is 12.0. The summed E-state index contributed by atoms with van der Waals surface area (Å²) in [5.41, 5.74) is 0.325. The molecule has 0 radical (unpaired) electrons. The smallest absolute Gasteiger partial charge is 0.271 e. The van der Waals surface area contributed by atoms with Gasteiger partial charge in [-0.15, -0.1) is 0 Å². The number of amides is 1. The fourth-order valence-corrected chi connectivity index (χ4v) is 2.04. The molecule has 1 heterocycles. The van der Waals surface area contributed by atoms with Gasteiger partial charge in [0, 0.05) is 13.1 Å². The molecule has 2 rings (SSSR count). The summed E-state index contributed by atoms with van der Waals surface area (Å²) in [6, 6.07) is 0. The van der Waals surface area contributed by atoms with Gasteiger partial charge in [-0.25, -0.2) is 9.97 Å². The molecule has 1 fully saturated rings. The molecule has 0 bridgehead atoms. The summed E-state index contributed by atoms with van der Waals surface area (Å²) < 4.78 is 5.50. The first kappa shape index (κ1) is 15.7. The largest absolute Gasteiger partial charge is 0.476 e. The molecular weight excluding hydrogens is 268 g/mol. The minimum Gasteiger partial charge on any atom is -0.476 e. The van der Waals surface area contributed by atoms with Crippen molar-refractivity contribution in [2.45, 2.75) is 19.8 Å². The van der Waals surface area contributed by atoms with E-state index < -0.39 is 0 Å². The molecule has 1 aliphatic carbocycles. The summed E-state index contributed by atoms with van der Waals surface area (Å²) in [4.78, 5) is 22.3. The molecule has 1 amide bonds. The number of aromatic nitrogens is 2. The van der Waals surface area contributed by atoms with E-state index in [1.165, 1.54) is 25.2 Å². The van der Waals surface area contributed by atoms with Crippen molar-refractivity contribution in [2.24, 2.45) is 11.8 Å². The van der Waals surface area contributed by atoms with Crippen LogP contribution in [0.3, 0.4) is 0 Å². The molecule has 0 aliphatic heterocycles. The van der Waals surface area contributed by atoms with Crippen LogP contribution in [0.15, 0.2) is 12.4 Å².